The molecule has 4 nitrogen and oxygen atoms in total. The van der Waals surface area contributed by atoms with Crippen LogP contribution in [0.25, 0.3) is 11.5 Å². The predicted octanol–water partition coefficient (Wildman–Crippen LogP) is 5.21. The van der Waals surface area contributed by atoms with Gasteiger partial charge in [0.05, 0.1) is 5.25 Å². The number of rotatable bonds is 5. The van der Waals surface area contributed by atoms with Gasteiger partial charge in [-0.05, 0) is 80.5 Å². The number of carbonyl (C=O) groups excluding carboxylic acids is 1. The van der Waals surface area contributed by atoms with Crippen molar-refractivity contribution in [3.8, 4) is 11.5 Å². The molecular formula is C22H22N2O2S. The van der Waals surface area contributed by atoms with Crippen molar-refractivity contribution in [3.63, 3.8) is 0 Å². The highest BCUT2D eigenvalue weighted by Gasteiger charge is 2.22. The molecule has 0 unspecified atom stereocenters. The van der Waals surface area contributed by atoms with E-state index in [2.05, 4.69) is 36.2 Å². The topological polar surface area (TPSA) is 56.0 Å². The van der Waals surface area contributed by atoms with Crippen LogP contribution in [0.2, 0.25) is 0 Å². The highest BCUT2D eigenvalue weighted by molar-refractivity contribution is 8.00. The van der Waals surface area contributed by atoms with Gasteiger partial charge in [0, 0.05) is 11.1 Å². The maximum Gasteiger partial charge on any atom is 0.277 e. The van der Waals surface area contributed by atoms with Crippen LogP contribution >= 0.6 is 11.8 Å². The van der Waals surface area contributed by atoms with E-state index in [1.165, 1.54) is 40.4 Å². The molecule has 1 aliphatic rings. The molecule has 2 aromatic carbocycles. The number of ketones is 1. The van der Waals surface area contributed by atoms with Crippen LogP contribution in [0.5, 0.6) is 0 Å². The second-order valence-electron chi connectivity index (χ2n) is 7.13. The second kappa shape index (κ2) is 7.31. The van der Waals surface area contributed by atoms with Crippen molar-refractivity contribution in [1.82, 2.24) is 10.2 Å². The van der Waals surface area contributed by atoms with Gasteiger partial charge in [-0.15, -0.1) is 10.2 Å². The highest BCUT2D eigenvalue weighted by atomic mass is 32.2. The van der Waals surface area contributed by atoms with Crippen molar-refractivity contribution < 1.29 is 9.21 Å². The molecule has 4 rings (SSSR count). The Morgan fingerprint density at radius 2 is 1.85 bits per heavy atom. The smallest absolute Gasteiger partial charge is 0.277 e. The molecule has 0 saturated carbocycles. The van der Waals surface area contributed by atoms with E-state index < -0.39 is 0 Å². The van der Waals surface area contributed by atoms with Crippen LogP contribution in [0.3, 0.4) is 0 Å². The Morgan fingerprint density at radius 1 is 1.04 bits per heavy atom. The molecule has 0 saturated heterocycles. The van der Waals surface area contributed by atoms with E-state index in [1.54, 1.807) is 0 Å². The molecule has 1 aliphatic carbocycles. The Labute approximate surface area is 163 Å². The lowest BCUT2D eigenvalue weighted by atomic mass is 10.0. The standard InChI is InChI=1S/C22H22N2O2S/c1-13-7-8-19(11-14(13)2)21-23-24-22(26-21)27-15(3)20(25)18-10-9-16-5-4-6-17(16)12-18/h7-12,15H,4-6H2,1-3H3/t15-/m1/s1. The molecule has 1 aromatic heterocycles. The molecule has 5 heteroatoms. The lowest BCUT2D eigenvalue weighted by Crippen LogP contribution is -2.13. The Bertz CT molecular complexity index is 1010. The average molecular weight is 378 g/mol. The summed E-state index contributed by atoms with van der Waals surface area (Å²) >= 11 is 1.31. The minimum atomic E-state index is -0.280. The second-order valence-corrected chi connectivity index (χ2v) is 8.43. The zero-order chi connectivity index (χ0) is 19.0. The fourth-order valence-electron chi connectivity index (χ4n) is 3.41. The van der Waals surface area contributed by atoms with Crippen LogP contribution in [0, 0.1) is 13.8 Å². The Morgan fingerprint density at radius 3 is 2.67 bits per heavy atom. The van der Waals surface area contributed by atoms with Gasteiger partial charge < -0.3 is 4.42 Å². The molecule has 0 N–H and O–H groups in total. The van der Waals surface area contributed by atoms with E-state index in [9.17, 15) is 4.79 Å². The zero-order valence-corrected chi connectivity index (χ0v) is 16.6. The molecule has 0 aliphatic heterocycles. The lowest BCUT2D eigenvalue weighted by Gasteiger charge is -2.09. The molecule has 1 heterocycles. The fraction of sp³-hybridized carbons (Fsp3) is 0.318. The van der Waals surface area contributed by atoms with Gasteiger partial charge in [0.1, 0.15) is 0 Å². The molecule has 0 bridgehead atoms. The number of thioether (sulfide) groups is 1. The SMILES string of the molecule is Cc1ccc(-c2nnc(S[C@H](C)C(=O)c3ccc4c(c3)CCC4)o2)cc1C. The monoisotopic (exact) mass is 378 g/mol. The summed E-state index contributed by atoms with van der Waals surface area (Å²) in [6.45, 7) is 6.02. The zero-order valence-electron chi connectivity index (χ0n) is 15.8. The summed E-state index contributed by atoms with van der Waals surface area (Å²) in [5.74, 6) is 0.582. The maximum absolute atomic E-state index is 12.8. The third kappa shape index (κ3) is 3.69. The van der Waals surface area contributed by atoms with E-state index in [1.807, 2.05) is 31.2 Å². The lowest BCUT2D eigenvalue weighted by molar-refractivity contribution is 0.0993. The number of fused-ring (bicyclic) bond motifs is 1. The summed E-state index contributed by atoms with van der Waals surface area (Å²) in [5.41, 5.74) is 6.76. The van der Waals surface area contributed by atoms with Crippen LogP contribution in [-0.2, 0) is 12.8 Å². The number of aromatic nitrogens is 2. The molecule has 0 radical (unpaired) electrons. The summed E-state index contributed by atoms with van der Waals surface area (Å²) in [6, 6.07) is 12.1. The first-order chi connectivity index (χ1) is 13.0. The van der Waals surface area contributed by atoms with E-state index >= 15 is 0 Å². The van der Waals surface area contributed by atoms with Gasteiger partial charge in [0.25, 0.3) is 5.22 Å². The van der Waals surface area contributed by atoms with Crippen LogP contribution in [0.15, 0.2) is 46.0 Å². The first-order valence-corrected chi connectivity index (χ1v) is 10.1. The first-order valence-electron chi connectivity index (χ1n) is 9.25. The van der Waals surface area contributed by atoms with Crippen molar-refractivity contribution in [3.05, 3.63) is 64.2 Å². The van der Waals surface area contributed by atoms with Crippen LogP contribution < -0.4 is 0 Å². The van der Waals surface area contributed by atoms with E-state index in [0.29, 0.717) is 11.1 Å². The first kappa shape index (κ1) is 18.0. The summed E-state index contributed by atoms with van der Waals surface area (Å²) < 4.78 is 5.78. The van der Waals surface area contributed by atoms with E-state index in [0.717, 1.165) is 24.0 Å². The number of aryl methyl sites for hydroxylation is 4. The van der Waals surface area contributed by atoms with Gasteiger partial charge in [-0.25, -0.2) is 0 Å². The normalized spacial score (nSPS) is 14.2. The van der Waals surface area contributed by atoms with Crippen molar-refractivity contribution >= 4 is 17.5 Å². The number of nitrogens with zero attached hydrogens (tertiary/aromatic N) is 2. The molecule has 27 heavy (non-hydrogen) atoms. The van der Waals surface area contributed by atoms with E-state index in [4.69, 9.17) is 4.42 Å². The van der Waals surface area contributed by atoms with Crippen LogP contribution in [0.4, 0.5) is 0 Å². The van der Waals surface area contributed by atoms with Gasteiger partial charge >= 0.3 is 0 Å². The third-order valence-corrected chi connectivity index (χ3v) is 6.12. The van der Waals surface area contributed by atoms with Gasteiger partial charge in [0.2, 0.25) is 5.89 Å². The van der Waals surface area contributed by atoms with Gasteiger partial charge in [-0.3, -0.25) is 4.79 Å². The van der Waals surface area contributed by atoms with Crippen molar-refractivity contribution in [2.45, 2.75) is 50.5 Å². The predicted molar refractivity (Wildman–Crippen MR) is 107 cm³/mol. The van der Waals surface area contributed by atoms with Gasteiger partial charge in [-0.2, -0.15) is 0 Å². The number of hydrogen-bond acceptors (Lipinski definition) is 5. The molecule has 138 valence electrons. The average Bonchev–Trinajstić information content (AvgIpc) is 3.32. The highest BCUT2D eigenvalue weighted by Crippen LogP contribution is 2.30. The van der Waals surface area contributed by atoms with Gasteiger partial charge in [-0.1, -0.05) is 30.0 Å². The molecule has 0 fully saturated rings. The molecular weight excluding hydrogens is 356 g/mol. The molecule has 0 spiro atoms. The van der Waals surface area contributed by atoms with Crippen LogP contribution in [0.1, 0.15) is 46.0 Å². The van der Waals surface area contributed by atoms with Crippen LogP contribution in [-0.4, -0.2) is 21.2 Å². The number of hydrogen-bond donors (Lipinski definition) is 0. The summed E-state index contributed by atoms with van der Waals surface area (Å²) in [4.78, 5) is 12.8. The van der Waals surface area contributed by atoms with E-state index in [-0.39, 0.29) is 11.0 Å². The van der Waals surface area contributed by atoms with Crippen molar-refractivity contribution in [1.29, 1.82) is 0 Å². The number of carbonyl (C=O) groups is 1. The summed E-state index contributed by atoms with van der Waals surface area (Å²) in [6.07, 6.45) is 3.37. The van der Waals surface area contributed by atoms with Gasteiger partial charge in [0.15, 0.2) is 5.78 Å². The third-order valence-electron chi connectivity index (χ3n) is 5.19. The molecule has 0 amide bonds. The summed E-state index contributed by atoms with van der Waals surface area (Å²) in [7, 11) is 0. The minimum Gasteiger partial charge on any atom is -0.411 e. The number of benzene rings is 2. The maximum atomic E-state index is 12.8. The van der Waals surface area contributed by atoms with Crippen molar-refractivity contribution in [2.75, 3.05) is 0 Å². The van der Waals surface area contributed by atoms with Crippen molar-refractivity contribution in [2.24, 2.45) is 0 Å². The number of Topliss-reactive ketones (excluding diaryl/α,β-unsaturated/α-hetero) is 1. The quantitative estimate of drug-likeness (QED) is 0.451. The summed E-state index contributed by atoms with van der Waals surface area (Å²) in [5, 5.41) is 8.39. The molecule has 3 aromatic rings. The minimum absolute atomic E-state index is 0.0978. The fourth-order valence-corrected chi connectivity index (χ4v) is 4.17. The molecule has 1 atom stereocenters. The Kier molecular flexibility index (Phi) is 4.87. The Hall–Kier alpha value is -2.40. The largest absolute Gasteiger partial charge is 0.411 e. The Balaban J connectivity index is 1.48.